The van der Waals surface area contributed by atoms with Gasteiger partial charge in [-0.2, -0.15) is 5.06 Å². The minimum Gasteiger partial charge on any atom is -0.394 e. The standard InChI is InChI=1S/C31H55N3O5/c1-17-24-13-21(31(24,3)4)14-25(17)33-30(37)28-27(18(2)36)26(16-35)39-34(28)15-20-9-7-11-23(29(20)38-5)19-8-6-10-22(32)12-19/h17-29,35-36H,6-16,32H2,1-5H3,(H,33,37)/t17-,18-,19?,20?,21+,22?,23?,24+,25-,26-,27+,28-,29?/m0/s1. The first-order chi connectivity index (χ1) is 18.6. The Bertz CT molecular complexity index is 854. The molecule has 5 unspecified atom stereocenters. The second-order valence-electron chi connectivity index (χ2n) is 14.5. The summed E-state index contributed by atoms with van der Waals surface area (Å²) in [6.45, 7) is 9.06. The predicted molar refractivity (Wildman–Crippen MR) is 150 cm³/mol. The highest BCUT2D eigenvalue weighted by Crippen LogP contribution is 2.61. The minimum absolute atomic E-state index is 0.0765. The van der Waals surface area contributed by atoms with E-state index in [4.69, 9.17) is 15.3 Å². The van der Waals surface area contributed by atoms with Gasteiger partial charge >= 0.3 is 0 Å². The molecule has 0 aromatic heterocycles. The van der Waals surface area contributed by atoms with Crippen LogP contribution in [0.25, 0.3) is 0 Å². The van der Waals surface area contributed by atoms with Gasteiger partial charge in [0, 0.05) is 37.6 Å². The second kappa shape index (κ2) is 11.8. The lowest BCUT2D eigenvalue weighted by molar-refractivity contribution is -0.193. The molecule has 5 N–H and O–H groups in total. The van der Waals surface area contributed by atoms with Crippen LogP contribution in [0.3, 0.4) is 0 Å². The Labute approximate surface area is 235 Å². The van der Waals surface area contributed by atoms with Gasteiger partial charge in [-0.3, -0.25) is 9.63 Å². The predicted octanol–water partition coefficient (Wildman–Crippen LogP) is 3.10. The number of nitrogens with zero attached hydrogens (tertiary/aromatic N) is 1. The van der Waals surface area contributed by atoms with E-state index < -0.39 is 24.2 Å². The van der Waals surface area contributed by atoms with Gasteiger partial charge < -0.3 is 26.0 Å². The molecule has 13 atom stereocenters. The highest BCUT2D eigenvalue weighted by Gasteiger charge is 2.57. The fourth-order valence-corrected chi connectivity index (χ4v) is 9.75. The molecular weight excluding hydrogens is 494 g/mol. The third-order valence-electron chi connectivity index (χ3n) is 12.1. The Kier molecular flexibility index (Phi) is 9.02. The first-order valence-electron chi connectivity index (χ1n) is 15.9. The highest BCUT2D eigenvalue weighted by molar-refractivity contribution is 5.82. The van der Waals surface area contributed by atoms with Gasteiger partial charge in [0.2, 0.25) is 5.91 Å². The van der Waals surface area contributed by atoms with E-state index in [0.717, 1.165) is 38.5 Å². The number of ether oxygens (including phenoxy) is 1. The van der Waals surface area contributed by atoms with Crippen molar-refractivity contribution in [2.75, 3.05) is 20.3 Å². The molecule has 0 spiro atoms. The van der Waals surface area contributed by atoms with Crippen molar-refractivity contribution in [3.05, 3.63) is 0 Å². The van der Waals surface area contributed by atoms with Crippen molar-refractivity contribution in [3.63, 3.8) is 0 Å². The smallest absolute Gasteiger partial charge is 0.240 e. The maximum absolute atomic E-state index is 14.0. The highest BCUT2D eigenvalue weighted by atomic mass is 16.7. The van der Waals surface area contributed by atoms with E-state index in [2.05, 4.69) is 26.1 Å². The van der Waals surface area contributed by atoms with Crippen LogP contribution in [-0.4, -0.2) is 77.9 Å². The molecule has 0 radical (unpaired) electrons. The SMILES string of the molecule is COC1C(CN2O[C@@H](CO)[C@@H]([C@H](C)O)[C@H]2C(=O)N[C@H]2C[C@H]3C[C@H]([C@@H]2C)C3(C)C)CCCC1C1CCCC(N)C1. The van der Waals surface area contributed by atoms with Crippen LogP contribution in [0, 0.1) is 46.8 Å². The molecule has 0 aromatic carbocycles. The lowest BCUT2D eigenvalue weighted by Crippen LogP contribution is -2.62. The Morgan fingerprint density at radius 2 is 1.92 bits per heavy atom. The molecule has 1 amide bonds. The molecule has 6 rings (SSSR count). The summed E-state index contributed by atoms with van der Waals surface area (Å²) >= 11 is 0. The third kappa shape index (κ3) is 5.55. The van der Waals surface area contributed by atoms with Gasteiger partial charge in [-0.1, -0.05) is 33.6 Å². The van der Waals surface area contributed by atoms with E-state index in [1.165, 1.54) is 19.3 Å². The molecule has 1 saturated heterocycles. The number of aliphatic hydroxyl groups excluding tert-OH is 2. The first kappa shape index (κ1) is 29.7. The normalized spacial score (nSPS) is 46.9. The maximum atomic E-state index is 14.0. The van der Waals surface area contributed by atoms with E-state index in [0.29, 0.717) is 41.5 Å². The fraction of sp³-hybridized carbons (Fsp3) is 0.968. The van der Waals surface area contributed by atoms with Gasteiger partial charge in [0.25, 0.3) is 0 Å². The number of rotatable bonds is 8. The van der Waals surface area contributed by atoms with Crippen LogP contribution < -0.4 is 11.1 Å². The van der Waals surface area contributed by atoms with Crippen molar-refractivity contribution in [2.24, 2.45) is 52.6 Å². The molecule has 6 aliphatic rings. The van der Waals surface area contributed by atoms with Crippen molar-refractivity contribution in [3.8, 4) is 0 Å². The molecule has 6 fully saturated rings. The Balaban J connectivity index is 1.32. The van der Waals surface area contributed by atoms with Crippen LogP contribution in [0.1, 0.15) is 85.5 Å². The van der Waals surface area contributed by atoms with Crippen LogP contribution in [0.4, 0.5) is 0 Å². The molecule has 8 nitrogen and oxygen atoms in total. The van der Waals surface area contributed by atoms with Crippen molar-refractivity contribution in [2.45, 2.75) is 122 Å². The van der Waals surface area contributed by atoms with Crippen molar-refractivity contribution in [1.29, 1.82) is 0 Å². The van der Waals surface area contributed by atoms with Gasteiger partial charge in [0.05, 0.1) is 18.8 Å². The van der Waals surface area contributed by atoms with E-state index in [1.54, 1.807) is 12.0 Å². The number of hydrogen-bond donors (Lipinski definition) is 4. The number of fused-ring (bicyclic) bond motifs is 2. The summed E-state index contributed by atoms with van der Waals surface area (Å²) < 4.78 is 6.19. The summed E-state index contributed by atoms with van der Waals surface area (Å²) in [7, 11) is 1.82. The van der Waals surface area contributed by atoms with Crippen LogP contribution >= 0.6 is 0 Å². The lowest BCUT2D eigenvalue weighted by Gasteiger charge is -2.62. The lowest BCUT2D eigenvalue weighted by atomic mass is 9.45. The largest absolute Gasteiger partial charge is 0.394 e. The summed E-state index contributed by atoms with van der Waals surface area (Å²) in [6.07, 6.45) is 8.87. The summed E-state index contributed by atoms with van der Waals surface area (Å²) in [5, 5.41) is 26.1. The number of methoxy groups -OCH3 is 1. The summed E-state index contributed by atoms with van der Waals surface area (Å²) in [5.41, 5.74) is 6.71. The number of nitrogens with two attached hydrogens (primary N) is 1. The second-order valence-corrected chi connectivity index (χ2v) is 14.5. The van der Waals surface area contributed by atoms with Crippen molar-refractivity contribution in [1.82, 2.24) is 10.4 Å². The van der Waals surface area contributed by atoms with Gasteiger partial charge in [-0.05, 0) is 86.9 Å². The van der Waals surface area contributed by atoms with Crippen LogP contribution in [0.15, 0.2) is 0 Å². The summed E-state index contributed by atoms with van der Waals surface area (Å²) in [4.78, 5) is 20.3. The molecule has 5 saturated carbocycles. The molecule has 2 bridgehead atoms. The van der Waals surface area contributed by atoms with E-state index in [9.17, 15) is 15.0 Å². The monoisotopic (exact) mass is 549 g/mol. The van der Waals surface area contributed by atoms with Gasteiger partial charge in [0.15, 0.2) is 0 Å². The number of hydrogen-bond acceptors (Lipinski definition) is 7. The van der Waals surface area contributed by atoms with Gasteiger partial charge in [-0.15, -0.1) is 0 Å². The molecule has 1 aliphatic heterocycles. The molecule has 8 heteroatoms. The average Bonchev–Trinajstić information content (AvgIpc) is 3.28. The number of aliphatic hydroxyl groups is 2. The van der Waals surface area contributed by atoms with E-state index >= 15 is 0 Å². The Hall–Kier alpha value is -0.770. The number of carbonyl (C=O) groups is 1. The summed E-state index contributed by atoms with van der Waals surface area (Å²) in [5.74, 6) is 2.40. The summed E-state index contributed by atoms with van der Waals surface area (Å²) in [6, 6.07) is -0.214. The topological polar surface area (TPSA) is 117 Å². The molecule has 5 aliphatic carbocycles. The first-order valence-corrected chi connectivity index (χ1v) is 15.9. The van der Waals surface area contributed by atoms with Crippen molar-refractivity contribution >= 4 is 5.91 Å². The fourth-order valence-electron chi connectivity index (χ4n) is 9.75. The van der Waals surface area contributed by atoms with E-state index in [-0.39, 0.29) is 36.6 Å². The van der Waals surface area contributed by atoms with Gasteiger partial charge in [0.1, 0.15) is 12.1 Å². The molecule has 224 valence electrons. The number of carbonyl (C=O) groups excluding carboxylic acids is 1. The van der Waals surface area contributed by atoms with E-state index in [1.807, 2.05) is 7.11 Å². The quantitative estimate of drug-likeness (QED) is 0.368. The van der Waals surface area contributed by atoms with Gasteiger partial charge in [-0.25, -0.2) is 0 Å². The molecule has 39 heavy (non-hydrogen) atoms. The van der Waals surface area contributed by atoms with Crippen LogP contribution in [-0.2, 0) is 14.4 Å². The Morgan fingerprint density at radius 3 is 2.54 bits per heavy atom. The molecular formula is C31H55N3O5. The molecule has 0 aromatic rings. The number of amides is 1. The zero-order valence-electron chi connectivity index (χ0n) is 24.9. The zero-order chi connectivity index (χ0) is 28.1. The third-order valence-corrected chi connectivity index (χ3v) is 12.1. The molecule has 1 heterocycles. The minimum atomic E-state index is -0.778. The van der Waals surface area contributed by atoms with Crippen molar-refractivity contribution < 1.29 is 24.6 Å². The number of nitrogens with one attached hydrogen (secondary N) is 1. The van der Waals surface area contributed by atoms with Crippen LogP contribution in [0.5, 0.6) is 0 Å². The Morgan fingerprint density at radius 1 is 1.18 bits per heavy atom. The number of hydroxylamine groups is 2. The zero-order valence-corrected chi connectivity index (χ0v) is 24.9. The maximum Gasteiger partial charge on any atom is 0.240 e. The average molecular weight is 550 g/mol. The van der Waals surface area contributed by atoms with Crippen LogP contribution in [0.2, 0.25) is 0 Å².